The molecule has 0 bridgehead atoms. The number of benzene rings is 1. The van der Waals surface area contributed by atoms with Gasteiger partial charge in [-0.2, -0.15) is 0 Å². The molecule has 2 nitrogen and oxygen atoms in total. The average Bonchev–Trinajstić information content (AvgIpc) is 2.78. The van der Waals surface area contributed by atoms with Crippen molar-refractivity contribution in [2.75, 3.05) is 26.2 Å². The van der Waals surface area contributed by atoms with Crippen molar-refractivity contribution in [3.63, 3.8) is 0 Å². The number of rotatable bonds is 3. The molecule has 19 heavy (non-hydrogen) atoms. The fraction of sp³-hybridized carbons (Fsp3) is 0.647. The zero-order chi connectivity index (χ0) is 13.3. The van der Waals surface area contributed by atoms with Crippen LogP contribution in [0.4, 0.5) is 0 Å². The minimum atomic E-state index is 0.389. The summed E-state index contributed by atoms with van der Waals surface area (Å²) in [5, 5.41) is 3.49. The van der Waals surface area contributed by atoms with Gasteiger partial charge in [0, 0.05) is 31.7 Å². The quantitative estimate of drug-likeness (QED) is 0.896. The molecule has 0 spiro atoms. The molecule has 0 saturated carbocycles. The Balaban J connectivity index is 1.87. The van der Waals surface area contributed by atoms with Crippen molar-refractivity contribution in [2.24, 2.45) is 5.92 Å². The summed E-state index contributed by atoms with van der Waals surface area (Å²) in [6.07, 6.45) is 3.82. The van der Waals surface area contributed by atoms with Gasteiger partial charge in [0.25, 0.3) is 0 Å². The van der Waals surface area contributed by atoms with Gasteiger partial charge in [-0.15, -0.1) is 0 Å². The first-order chi connectivity index (χ1) is 9.20. The summed E-state index contributed by atoms with van der Waals surface area (Å²) in [4.78, 5) is 2.77. The van der Waals surface area contributed by atoms with Crippen LogP contribution in [0.15, 0.2) is 24.3 Å². The van der Waals surface area contributed by atoms with Gasteiger partial charge < -0.3 is 5.32 Å². The van der Waals surface area contributed by atoms with Gasteiger partial charge in [-0.25, -0.2) is 0 Å². The molecule has 2 aliphatic rings. The van der Waals surface area contributed by atoms with Crippen LogP contribution in [-0.2, 0) is 12.8 Å². The Morgan fingerprint density at radius 2 is 1.68 bits per heavy atom. The van der Waals surface area contributed by atoms with E-state index in [-0.39, 0.29) is 0 Å². The van der Waals surface area contributed by atoms with E-state index >= 15 is 0 Å². The predicted octanol–water partition coefficient (Wildman–Crippen LogP) is 2.48. The third-order valence-electron chi connectivity index (χ3n) is 4.73. The van der Waals surface area contributed by atoms with Gasteiger partial charge >= 0.3 is 0 Å². The first-order valence-electron chi connectivity index (χ1n) is 7.72. The molecular formula is C17H26N2. The summed E-state index contributed by atoms with van der Waals surface area (Å²) in [7, 11) is 0. The molecular weight excluding hydrogens is 232 g/mol. The minimum absolute atomic E-state index is 0.389. The van der Waals surface area contributed by atoms with Crippen molar-refractivity contribution < 1.29 is 0 Å². The van der Waals surface area contributed by atoms with Crippen molar-refractivity contribution in [1.29, 1.82) is 0 Å². The lowest BCUT2D eigenvalue weighted by molar-refractivity contribution is 0.0619. The van der Waals surface area contributed by atoms with Gasteiger partial charge in [-0.3, -0.25) is 4.90 Å². The summed E-state index contributed by atoms with van der Waals surface area (Å²) in [6.45, 7) is 9.45. The maximum atomic E-state index is 3.49. The van der Waals surface area contributed by atoms with E-state index in [0.717, 1.165) is 19.0 Å². The minimum Gasteiger partial charge on any atom is -0.314 e. The second kappa shape index (κ2) is 5.26. The third kappa shape index (κ3) is 2.56. The van der Waals surface area contributed by atoms with Crippen LogP contribution >= 0.6 is 0 Å². The number of piperazine rings is 1. The molecule has 1 aromatic rings. The van der Waals surface area contributed by atoms with Crippen LogP contribution in [0, 0.1) is 5.92 Å². The van der Waals surface area contributed by atoms with Gasteiger partial charge in [0.05, 0.1) is 0 Å². The monoisotopic (exact) mass is 258 g/mol. The predicted molar refractivity (Wildman–Crippen MR) is 80.5 cm³/mol. The molecule has 3 rings (SSSR count). The summed E-state index contributed by atoms with van der Waals surface area (Å²) in [6, 6.07) is 9.06. The van der Waals surface area contributed by atoms with Gasteiger partial charge in [0.2, 0.25) is 0 Å². The maximum absolute atomic E-state index is 3.49. The molecule has 1 heterocycles. The standard InChI is InChI=1S/C17H26N2/c1-14(2)11-17(19-9-7-18-8-10-19)12-15-5-3-4-6-16(15)13-17/h3-6,14,18H,7-13H2,1-2H3. The molecule has 1 aromatic carbocycles. The Morgan fingerprint density at radius 1 is 1.11 bits per heavy atom. The molecule has 0 amide bonds. The molecule has 0 radical (unpaired) electrons. The van der Waals surface area contributed by atoms with Gasteiger partial charge in [-0.1, -0.05) is 38.1 Å². The normalized spacial score (nSPS) is 22.7. The number of fused-ring (bicyclic) bond motifs is 1. The second-order valence-corrected chi connectivity index (χ2v) is 6.68. The summed E-state index contributed by atoms with van der Waals surface area (Å²) in [5.41, 5.74) is 3.56. The van der Waals surface area contributed by atoms with Crippen LogP contribution in [0.3, 0.4) is 0 Å². The Morgan fingerprint density at radius 3 is 2.21 bits per heavy atom. The molecule has 0 atom stereocenters. The molecule has 1 aliphatic carbocycles. The van der Waals surface area contributed by atoms with E-state index in [9.17, 15) is 0 Å². The lowest BCUT2D eigenvalue weighted by Gasteiger charge is -2.45. The first kappa shape index (κ1) is 13.1. The van der Waals surface area contributed by atoms with Crippen LogP contribution < -0.4 is 5.32 Å². The van der Waals surface area contributed by atoms with E-state index in [0.29, 0.717) is 5.54 Å². The van der Waals surface area contributed by atoms with E-state index in [2.05, 4.69) is 48.3 Å². The molecule has 1 aliphatic heterocycles. The molecule has 1 N–H and O–H groups in total. The SMILES string of the molecule is CC(C)CC1(N2CCNCC2)Cc2ccccc2C1. The maximum Gasteiger partial charge on any atom is 0.0293 e. The Bertz CT molecular complexity index is 408. The van der Waals surface area contributed by atoms with Gasteiger partial charge in [-0.05, 0) is 36.3 Å². The average molecular weight is 258 g/mol. The number of nitrogens with one attached hydrogen (secondary N) is 1. The smallest absolute Gasteiger partial charge is 0.0293 e. The summed E-state index contributed by atoms with van der Waals surface area (Å²) >= 11 is 0. The molecule has 1 fully saturated rings. The number of nitrogens with zero attached hydrogens (tertiary/aromatic N) is 1. The van der Waals surface area contributed by atoms with Crippen molar-refractivity contribution >= 4 is 0 Å². The van der Waals surface area contributed by atoms with Crippen molar-refractivity contribution in [3.8, 4) is 0 Å². The Kier molecular flexibility index (Phi) is 3.64. The lowest BCUT2D eigenvalue weighted by Crippen LogP contribution is -2.57. The number of hydrogen-bond acceptors (Lipinski definition) is 2. The van der Waals surface area contributed by atoms with Crippen LogP contribution in [0.2, 0.25) is 0 Å². The van der Waals surface area contributed by atoms with E-state index < -0.39 is 0 Å². The van der Waals surface area contributed by atoms with Crippen LogP contribution in [0.5, 0.6) is 0 Å². The summed E-state index contributed by atoms with van der Waals surface area (Å²) in [5.74, 6) is 0.768. The second-order valence-electron chi connectivity index (χ2n) is 6.68. The van der Waals surface area contributed by atoms with E-state index in [1.807, 2.05) is 0 Å². The molecule has 0 unspecified atom stereocenters. The van der Waals surface area contributed by atoms with Crippen LogP contribution in [0.1, 0.15) is 31.4 Å². The molecule has 2 heteroatoms. The highest BCUT2D eigenvalue weighted by atomic mass is 15.2. The van der Waals surface area contributed by atoms with E-state index in [1.54, 1.807) is 11.1 Å². The van der Waals surface area contributed by atoms with Crippen LogP contribution in [0.25, 0.3) is 0 Å². The lowest BCUT2D eigenvalue weighted by atomic mass is 9.84. The van der Waals surface area contributed by atoms with E-state index in [1.165, 1.54) is 32.4 Å². The highest BCUT2D eigenvalue weighted by Crippen LogP contribution is 2.39. The van der Waals surface area contributed by atoms with Crippen molar-refractivity contribution in [3.05, 3.63) is 35.4 Å². The van der Waals surface area contributed by atoms with Crippen LogP contribution in [-0.4, -0.2) is 36.6 Å². The van der Waals surface area contributed by atoms with Crippen molar-refractivity contribution in [1.82, 2.24) is 10.2 Å². The fourth-order valence-electron chi connectivity index (χ4n) is 4.07. The third-order valence-corrected chi connectivity index (χ3v) is 4.73. The summed E-state index contributed by atoms with van der Waals surface area (Å²) < 4.78 is 0. The fourth-order valence-corrected chi connectivity index (χ4v) is 4.07. The van der Waals surface area contributed by atoms with Gasteiger partial charge in [0.15, 0.2) is 0 Å². The van der Waals surface area contributed by atoms with Crippen molar-refractivity contribution in [2.45, 2.75) is 38.6 Å². The Labute approximate surface area is 117 Å². The zero-order valence-corrected chi connectivity index (χ0v) is 12.3. The number of hydrogen-bond donors (Lipinski definition) is 1. The highest BCUT2D eigenvalue weighted by Gasteiger charge is 2.42. The van der Waals surface area contributed by atoms with Gasteiger partial charge in [0.1, 0.15) is 0 Å². The van der Waals surface area contributed by atoms with E-state index in [4.69, 9.17) is 0 Å². The highest BCUT2D eigenvalue weighted by molar-refractivity contribution is 5.36. The Hall–Kier alpha value is -0.860. The molecule has 104 valence electrons. The molecule has 1 saturated heterocycles. The zero-order valence-electron chi connectivity index (χ0n) is 12.3. The topological polar surface area (TPSA) is 15.3 Å². The molecule has 0 aromatic heterocycles. The largest absolute Gasteiger partial charge is 0.314 e. The first-order valence-corrected chi connectivity index (χ1v) is 7.72.